The first-order chi connectivity index (χ1) is 22.4. The first-order valence-corrected chi connectivity index (χ1v) is 18.9. The maximum Gasteiger partial charge on any atom is 0.182 e. The third-order valence-electron chi connectivity index (χ3n) is 9.85. The SMILES string of the molecule is c1ccc(C2(c3ccccc3)c3ccccc3P3c4ncccc4[Si](c4ccccc4)(c4ccccc4)c4cccc2c43)cc1. The molecule has 3 heterocycles. The Balaban J connectivity index is 1.52. The van der Waals surface area contributed by atoms with Crippen LogP contribution in [0.1, 0.15) is 22.3 Å². The summed E-state index contributed by atoms with van der Waals surface area (Å²) in [6, 6.07) is 65.9. The van der Waals surface area contributed by atoms with Gasteiger partial charge in [0.15, 0.2) is 8.07 Å². The van der Waals surface area contributed by atoms with Gasteiger partial charge in [-0.05, 0) is 59.7 Å². The van der Waals surface area contributed by atoms with Gasteiger partial charge in [-0.1, -0.05) is 170 Å². The molecule has 1 nitrogen and oxygen atoms in total. The minimum absolute atomic E-state index is 0.469. The predicted molar refractivity (Wildman–Crippen MR) is 192 cm³/mol. The standard InChI is InChI=1S/C42H30NPSi/c1-5-17-31(18-6-1)42(32-19-7-2-8-20-32)35-25-13-14-27-37(35)44-40-36(42)26-15-28-38(40)45(33-21-9-3-10-22-33,34-23-11-4-12-24-34)39-29-16-30-43-41(39)44/h1-30H. The van der Waals surface area contributed by atoms with Gasteiger partial charge in [-0.25, -0.2) is 0 Å². The molecule has 0 amide bonds. The third kappa shape index (κ3) is 3.56. The van der Waals surface area contributed by atoms with E-state index in [0.29, 0.717) is 0 Å². The average Bonchev–Trinajstić information content (AvgIpc) is 3.13. The van der Waals surface area contributed by atoms with Gasteiger partial charge in [0.25, 0.3) is 0 Å². The van der Waals surface area contributed by atoms with Crippen molar-refractivity contribution in [2.24, 2.45) is 0 Å². The molecule has 1 aromatic heterocycles. The summed E-state index contributed by atoms with van der Waals surface area (Å²) in [5.41, 5.74) is 6.14. The molecule has 45 heavy (non-hydrogen) atoms. The number of nitrogens with zero attached hydrogens (tertiary/aromatic N) is 1. The topological polar surface area (TPSA) is 12.9 Å². The monoisotopic (exact) mass is 607 g/mol. The average molecular weight is 608 g/mol. The van der Waals surface area contributed by atoms with Crippen molar-refractivity contribution < 1.29 is 0 Å². The molecule has 0 spiro atoms. The molecule has 9 rings (SSSR count). The first kappa shape index (κ1) is 26.5. The van der Waals surface area contributed by atoms with E-state index in [-0.39, 0.29) is 0 Å². The van der Waals surface area contributed by atoms with Crippen molar-refractivity contribution in [3.63, 3.8) is 0 Å². The van der Waals surface area contributed by atoms with Crippen LogP contribution in [-0.4, -0.2) is 13.1 Å². The second-order valence-corrected chi connectivity index (χ2v) is 17.6. The summed E-state index contributed by atoms with van der Waals surface area (Å²) in [5.74, 6) is 0. The molecule has 0 N–H and O–H groups in total. The molecule has 0 aliphatic carbocycles. The second-order valence-electron chi connectivity index (χ2n) is 11.9. The lowest BCUT2D eigenvalue weighted by Gasteiger charge is -2.50. The summed E-state index contributed by atoms with van der Waals surface area (Å²) >= 11 is 0. The van der Waals surface area contributed by atoms with E-state index in [1.165, 1.54) is 59.0 Å². The van der Waals surface area contributed by atoms with Crippen LogP contribution in [0.15, 0.2) is 182 Å². The Labute approximate surface area is 266 Å². The number of rotatable bonds is 4. The Morgan fingerprint density at radius 1 is 0.444 bits per heavy atom. The predicted octanol–water partition coefficient (Wildman–Crippen LogP) is 5.23. The lowest BCUT2D eigenvalue weighted by molar-refractivity contribution is 0.753. The van der Waals surface area contributed by atoms with E-state index in [9.17, 15) is 0 Å². The Hall–Kier alpha value is -4.88. The lowest BCUT2D eigenvalue weighted by atomic mass is 9.65. The molecule has 0 saturated carbocycles. The Morgan fingerprint density at radius 2 is 0.956 bits per heavy atom. The van der Waals surface area contributed by atoms with Crippen molar-refractivity contribution in [3.05, 3.63) is 204 Å². The van der Waals surface area contributed by atoms with Crippen molar-refractivity contribution in [2.75, 3.05) is 0 Å². The van der Waals surface area contributed by atoms with E-state index in [4.69, 9.17) is 4.98 Å². The van der Waals surface area contributed by atoms with Gasteiger partial charge in [-0.2, -0.15) is 0 Å². The van der Waals surface area contributed by atoms with E-state index in [1.54, 1.807) is 0 Å². The Kier molecular flexibility index (Phi) is 6.10. The van der Waals surface area contributed by atoms with Crippen LogP contribution < -0.4 is 36.8 Å². The molecule has 0 fully saturated rings. The molecule has 1 atom stereocenters. The fourth-order valence-corrected chi connectivity index (χ4v) is 17.4. The van der Waals surface area contributed by atoms with Gasteiger partial charge < -0.3 is 0 Å². The van der Waals surface area contributed by atoms with Gasteiger partial charge in [0.05, 0.1) is 10.9 Å². The van der Waals surface area contributed by atoms with E-state index in [2.05, 4.69) is 176 Å². The fraction of sp³-hybridized carbons (Fsp3) is 0.0238. The third-order valence-corrected chi connectivity index (χ3v) is 17.7. The minimum atomic E-state index is -2.76. The minimum Gasteiger partial charge on any atom is -0.256 e. The van der Waals surface area contributed by atoms with Gasteiger partial charge in [0.1, 0.15) is 0 Å². The summed E-state index contributed by atoms with van der Waals surface area (Å²) in [6.45, 7) is 0. The van der Waals surface area contributed by atoms with Crippen molar-refractivity contribution in [1.29, 1.82) is 0 Å². The van der Waals surface area contributed by atoms with E-state index >= 15 is 0 Å². The van der Waals surface area contributed by atoms with Crippen molar-refractivity contribution >= 4 is 52.8 Å². The van der Waals surface area contributed by atoms with Crippen LogP contribution in [0.3, 0.4) is 0 Å². The summed E-state index contributed by atoms with van der Waals surface area (Å²) in [7, 11) is -3.67. The van der Waals surface area contributed by atoms with Gasteiger partial charge in [-0.3, -0.25) is 4.98 Å². The molecule has 212 valence electrons. The van der Waals surface area contributed by atoms with Crippen molar-refractivity contribution in [1.82, 2.24) is 4.98 Å². The van der Waals surface area contributed by atoms with Gasteiger partial charge in [0.2, 0.25) is 0 Å². The highest BCUT2D eigenvalue weighted by Gasteiger charge is 2.55. The number of pyridine rings is 1. The molecule has 0 bridgehead atoms. The van der Waals surface area contributed by atoms with Crippen molar-refractivity contribution in [3.8, 4) is 0 Å². The summed E-state index contributed by atoms with van der Waals surface area (Å²) in [6.07, 6.45) is 2.02. The Morgan fingerprint density at radius 3 is 1.58 bits per heavy atom. The fourth-order valence-electron chi connectivity index (χ4n) is 8.20. The largest absolute Gasteiger partial charge is 0.256 e. The van der Waals surface area contributed by atoms with Crippen LogP contribution in [0.4, 0.5) is 0 Å². The normalized spacial score (nSPS) is 16.6. The molecule has 1 unspecified atom stereocenters. The summed E-state index contributed by atoms with van der Waals surface area (Å²) < 4.78 is 0. The molecule has 2 aliphatic heterocycles. The van der Waals surface area contributed by atoms with Crippen LogP contribution >= 0.6 is 7.92 Å². The van der Waals surface area contributed by atoms with E-state index in [0.717, 1.165) is 0 Å². The number of hydrogen-bond acceptors (Lipinski definition) is 1. The summed E-state index contributed by atoms with van der Waals surface area (Å²) in [4.78, 5) is 5.35. The second kappa shape index (κ2) is 10.3. The lowest BCUT2D eigenvalue weighted by Crippen LogP contribution is -2.82. The number of fused-ring (bicyclic) bond motifs is 4. The summed E-state index contributed by atoms with van der Waals surface area (Å²) in [5, 5.41) is 8.61. The van der Waals surface area contributed by atoms with Gasteiger partial charge >= 0.3 is 0 Å². The number of benzene rings is 6. The molecule has 6 aromatic carbocycles. The maximum atomic E-state index is 5.35. The highest BCUT2D eigenvalue weighted by atomic mass is 31.1. The molecule has 0 saturated heterocycles. The molecule has 3 heteroatoms. The van der Waals surface area contributed by atoms with Crippen LogP contribution in [0, 0.1) is 0 Å². The number of hydrogen-bond donors (Lipinski definition) is 0. The highest BCUT2D eigenvalue weighted by molar-refractivity contribution is 7.82. The van der Waals surface area contributed by atoms with Crippen LogP contribution in [-0.2, 0) is 5.41 Å². The zero-order valence-electron chi connectivity index (χ0n) is 24.7. The van der Waals surface area contributed by atoms with Crippen molar-refractivity contribution in [2.45, 2.75) is 5.41 Å². The van der Waals surface area contributed by atoms with Crippen LogP contribution in [0.2, 0.25) is 0 Å². The molecular weight excluding hydrogens is 578 g/mol. The zero-order chi connectivity index (χ0) is 29.8. The smallest absolute Gasteiger partial charge is 0.182 e. The maximum absolute atomic E-state index is 5.35. The van der Waals surface area contributed by atoms with Crippen LogP contribution in [0.25, 0.3) is 0 Å². The zero-order valence-corrected chi connectivity index (χ0v) is 26.6. The first-order valence-electron chi connectivity index (χ1n) is 15.6. The molecular formula is C42H30NPSi. The van der Waals surface area contributed by atoms with Gasteiger partial charge in [-0.15, -0.1) is 0 Å². The quantitative estimate of drug-likeness (QED) is 0.197. The van der Waals surface area contributed by atoms with E-state index < -0.39 is 21.4 Å². The molecule has 2 aliphatic rings. The molecule has 0 radical (unpaired) electrons. The Bertz CT molecular complexity index is 1930. The molecule has 7 aromatic rings. The highest BCUT2D eigenvalue weighted by Crippen LogP contribution is 2.53. The van der Waals surface area contributed by atoms with E-state index in [1.807, 2.05) is 6.20 Å². The van der Waals surface area contributed by atoms with Gasteiger partial charge in [0, 0.05) is 14.1 Å². The van der Waals surface area contributed by atoms with Crippen LogP contribution in [0.5, 0.6) is 0 Å². The number of aromatic nitrogens is 1.